The van der Waals surface area contributed by atoms with Crippen molar-refractivity contribution in [3.8, 4) is 0 Å². The normalized spacial score (nSPS) is 13.1. The summed E-state index contributed by atoms with van der Waals surface area (Å²) in [6, 6.07) is -0.548. The van der Waals surface area contributed by atoms with Crippen LogP contribution in [0.1, 0.15) is 6.92 Å². The summed E-state index contributed by atoms with van der Waals surface area (Å²) < 4.78 is 0.784. The summed E-state index contributed by atoms with van der Waals surface area (Å²) in [6.07, 6.45) is 0. The maximum atomic E-state index is 11.6. The van der Waals surface area contributed by atoms with Crippen molar-refractivity contribution < 1.29 is 14.1 Å². The molecule has 2 N–H and O–H groups in total. The molecule has 0 saturated carbocycles. The predicted octanol–water partition coefficient (Wildman–Crippen LogP) is -0.757. The summed E-state index contributed by atoms with van der Waals surface area (Å²) in [4.78, 5) is 22.4. The average molecular weight is 248 g/mol. The van der Waals surface area contributed by atoms with Crippen molar-refractivity contribution in [2.45, 2.75) is 13.0 Å². The van der Waals surface area contributed by atoms with Crippen molar-refractivity contribution >= 4 is 24.4 Å². The van der Waals surface area contributed by atoms with E-state index in [0.717, 1.165) is 11.0 Å². The van der Waals surface area contributed by atoms with Gasteiger partial charge in [-0.05, 0) is 0 Å². The number of hydrogen-bond acceptors (Lipinski definition) is 3. The zero-order valence-corrected chi connectivity index (χ0v) is 11.3. The maximum Gasteiger partial charge on any atom is 0.243 e. The molecule has 5 nitrogen and oxygen atoms in total. The molecule has 0 fully saturated rings. The molecule has 6 heteroatoms. The van der Waals surface area contributed by atoms with Gasteiger partial charge in [-0.3, -0.25) is 9.59 Å². The molecule has 0 aliphatic heterocycles. The Labute approximate surface area is 103 Å². The van der Waals surface area contributed by atoms with Gasteiger partial charge in [0.15, 0.2) is 0 Å². The first-order valence-corrected chi connectivity index (χ1v) is 5.85. The van der Waals surface area contributed by atoms with Crippen LogP contribution in [0.3, 0.4) is 0 Å². The fraction of sp³-hybridized carbons (Fsp3) is 0.800. The van der Waals surface area contributed by atoms with Crippen LogP contribution in [0.15, 0.2) is 0 Å². The summed E-state index contributed by atoms with van der Waals surface area (Å²) in [7, 11) is 6.15. The number of carbonyl (C=O) groups is 2. The number of rotatable bonds is 6. The number of thiol groups is 1. The monoisotopic (exact) mass is 248 g/mol. The van der Waals surface area contributed by atoms with Crippen LogP contribution in [0.25, 0.3) is 0 Å². The molecule has 0 spiro atoms. The van der Waals surface area contributed by atoms with E-state index in [0.29, 0.717) is 12.3 Å². The minimum absolute atomic E-state index is 0.182. The summed E-state index contributed by atoms with van der Waals surface area (Å²) in [5.74, 6) is -0.102. The van der Waals surface area contributed by atoms with E-state index in [1.54, 1.807) is 0 Å². The van der Waals surface area contributed by atoms with Crippen molar-refractivity contribution in [2.24, 2.45) is 0 Å². The highest BCUT2D eigenvalue weighted by atomic mass is 32.1. The Hall–Kier alpha value is -0.750. The quantitative estimate of drug-likeness (QED) is 0.428. The first kappa shape index (κ1) is 15.2. The van der Waals surface area contributed by atoms with E-state index in [1.165, 1.54) is 6.92 Å². The van der Waals surface area contributed by atoms with Gasteiger partial charge in [0.05, 0.1) is 34.2 Å². The van der Waals surface area contributed by atoms with Crippen molar-refractivity contribution in [1.29, 1.82) is 0 Å². The number of carbonyl (C=O) groups excluding carboxylic acids is 2. The number of hydrogen-bond donors (Lipinski definition) is 3. The Kier molecular flexibility index (Phi) is 6.43. The lowest BCUT2D eigenvalue weighted by Gasteiger charge is -2.24. The Morgan fingerprint density at radius 2 is 1.88 bits per heavy atom. The summed E-state index contributed by atoms with van der Waals surface area (Å²) in [5.41, 5.74) is 0. The molecule has 16 heavy (non-hydrogen) atoms. The highest BCUT2D eigenvalue weighted by Gasteiger charge is 2.17. The second-order valence-corrected chi connectivity index (χ2v) is 5.11. The fourth-order valence-electron chi connectivity index (χ4n) is 1.08. The Morgan fingerprint density at radius 3 is 2.25 bits per heavy atom. The molecule has 0 heterocycles. The molecule has 0 aromatic heterocycles. The number of likely N-dealkylation sites (N-methyl/N-ethyl adjacent to an activating group) is 1. The fourth-order valence-corrected chi connectivity index (χ4v) is 1.33. The molecule has 0 aromatic carbocycles. The lowest BCUT2D eigenvalue weighted by molar-refractivity contribution is -0.869. The standard InChI is InChI=1S/C10H21N3O2S/c1-8(14)12-9(7-16)10(15)11-5-6-13(2,3)4/h9H,5-7H2,1-4H3,(H2-,11,12,14,15,16)/p+1/t9-/m1/s1. The third kappa shape index (κ3) is 7.53. The first-order chi connectivity index (χ1) is 7.26. The molecule has 1 atom stereocenters. The van der Waals surface area contributed by atoms with E-state index < -0.39 is 6.04 Å². The van der Waals surface area contributed by atoms with Crippen molar-refractivity contribution in [3.63, 3.8) is 0 Å². The zero-order valence-electron chi connectivity index (χ0n) is 10.4. The van der Waals surface area contributed by atoms with Gasteiger partial charge < -0.3 is 15.1 Å². The molecule has 0 unspecified atom stereocenters. The summed E-state index contributed by atoms with van der Waals surface area (Å²) in [5, 5.41) is 5.32. The van der Waals surface area contributed by atoms with Gasteiger partial charge in [0.1, 0.15) is 6.04 Å². The third-order valence-electron chi connectivity index (χ3n) is 1.96. The predicted molar refractivity (Wildman–Crippen MR) is 67.4 cm³/mol. The van der Waals surface area contributed by atoms with Gasteiger partial charge in [-0.25, -0.2) is 0 Å². The Morgan fingerprint density at radius 1 is 1.31 bits per heavy atom. The number of nitrogens with zero attached hydrogens (tertiary/aromatic N) is 1. The third-order valence-corrected chi connectivity index (χ3v) is 2.32. The Bertz CT molecular complexity index is 251. The minimum Gasteiger partial charge on any atom is -0.349 e. The van der Waals surface area contributed by atoms with Gasteiger partial charge in [0.25, 0.3) is 0 Å². The van der Waals surface area contributed by atoms with Gasteiger partial charge in [-0.2, -0.15) is 12.6 Å². The second-order valence-electron chi connectivity index (χ2n) is 4.74. The van der Waals surface area contributed by atoms with Crippen LogP contribution < -0.4 is 10.6 Å². The second kappa shape index (κ2) is 6.75. The topological polar surface area (TPSA) is 58.2 Å². The Balaban J connectivity index is 3.98. The summed E-state index contributed by atoms with van der Waals surface area (Å²) in [6.45, 7) is 2.81. The van der Waals surface area contributed by atoms with Gasteiger partial charge in [-0.1, -0.05) is 0 Å². The molecule has 94 valence electrons. The van der Waals surface area contributed by atoms with Crippen LogP contribution >= 0.6 is 12.6 Å². The van der Waals surface area contributed by atoms with Crippen molar-refractivity contribution in [2.75, 3.05) is 40.0 Å². The minimum atomic E-state index is -0.548. The molecular formula is C10H22N3O2S+. The molecule has 0 bridgehead atoms. The molecule has 2 amide bonds. The number of nitrogens with one attached hydrogen (secondary N) is 2. The lowest BCUT2D eigenvalue weighted by Crippen LogP contribution is -2.50. The van der Waals surface area contributed by atoms with Crippen molar-refractivity contribution in [3.05, 3.63) is 0 Å². The molecule has 0 aliphatic carbocycles. The largest absolute Gasteiger partial charge is 0.349 e. The van der Waals surface area contributed by atoms with Crippen LogP contribution in [0.2, 0.25) is 0 Å². The van der Waals surface area contributed by atoms with Gasteiger partial charge in [-0.15, -0.1) is 0 Å². The van der Waals surface area contributed by atoms with E-state index in [4.69, 9.17) is 0 Å². The molecular weight excluding hydrogens is 226 g/mol. The van der Waals surface area contributed by atoms with Gasteiger partial charge in [0.2, 0.25) is 11.8 Å². The van der Waals surface area contributed by atoms with Crippen LogP contribution in [-0.4, -0.2) is 62.3 Å². The van der Waals surface area contributed by atoms with Crippen LogP contribution in [-0.2, 0) is 9.59 Å². The maximum absolute atomic E-state index is 11.6. The molecule has 0 aromatic rings. The van der Waals surface area contributed by atoms with Crippen LogP contribution in [0.5, 0.6) is 0 Å². The number of quaternary nitrogens is 1. The first-order valence-electron chi connectivity index (χ1n) is 5.22. The highest BCUT2D eigenvalue weighted by molar-refractivity contribution is 7.80. The van der Waals surface area contributed by atoms with E-state index >= 15 is 0 Å². The smallest absolute Gasteiger partial charge is 0.243 e. The zero-order chi connectivity index (χ0) is 12.8. The molecule has 0 saturated heterocycles. The van der Waals surface area contributed by atoms with Crippen LogP contribution in [0, 0.1) is 0 Å². The average Bonchev–Trinajstić information content (AvgIpc) is 2.11. The molecule has 0 aliphatic rings. The van der Waals surface area contributed by atoms with Crippen LogP contribution in [0.4, 0.5) is 0 Å². The SMILES string of the molecule is CC(=O)N[C@H](CS)C(=O)NCC[N+](C)(C)C. The van der Waals surface area contributed by atoms with E-state index in [-0.39, 0.29) is 11.8 Å². The summed E-state index contributed by atoms with van der Waals surface area (Å²) >= 11 is 4.03. The highest BCUT2D eigenvalue weighted by Crippen LogP contribution is 1.90. The van der Waals surface area contributed by atoms with Gasteiger partial charge in [0, 0.05) is 12.7 Å². The lowest BCUT2D eigenvalue weighted by atomic mass is 10.3. The molecule has 0 radical (unpaired) electrons. The molecule has 0 rings (SSSR count). The van der Waals surface area contributed by atoms with E-state index in [9.17, 15) is 9.59 Å². The van der Waals surface area contributed by atoms with Gasteiger partial charge >= 0.3 is 0 Å². The number of amides is 2. The van der Waals surface area contributed by atoms with E-state index in [2.05, 4.69) is 44.4 Å². The van der Waals surface area contributed by atoms with Crippen molar-refractivity contribution in [1.82, 2.24) is 10.6 Å². The van der Waals surface area contributed by atoms with E-state index in [1.807, 2.05) is 0 Å².